The van der Waals surface area contributed by atoms with Crippen LogP contribution in [0.15, 0.2) is 54.7 Å². The van der Waals surface area contributed by atoms with Gasteiger partial charge < -0.3 is 15.0 Å². The molecule has 9 heteroatoms. The molecule has 1 aromatic carbocycles. The number of benzene rings is 1. The molecule has 0 atom stereocenters. The molecule has 0 saturated carbocycles. The Labute approximate surface area is 180 Å². The predicted molar refractivity (Wildman–Crippen MR) is 119 cm³/mol. The molecule has 31 heavy (non-hydrogen) atoms. The molecule has 0 saturated heterocycles. The predicted octanol–water partition coefficient (Wildman–Crippen LogP) is 3.23. The van der Waals surface area contributed by atoms with Crippen LogP contribution in [0.2, 0.25) is 0 Å². The maximum atomic E-state index is 12.9. The number of aromatic nitrogens is 3. The van der Waals surface area contributed by atoms with Crippen molar-refractivity contribution in [2.45, 2.75) is 26.4 Å². The van der Waals surface area contributed by atoms with Gasteiger partial charge in [0.2, 0.25) is 5.88 Å². The highest BCUT2D eigenvalue weighted by Gasteiger charge is 2.19. The summed E-state index contributed by atoms with van der Waals surface area (Å²) in [7, 11) is 1.46. The minimum Gasteiger partial charge on any atom is -0.479 e. The van der Waals surface area contributed by atoms with E-state index in [1.54, 1.807) is 29.1 Å². The van der Waals surface area contributed by atoms with Crippen molar-refractivity contribution < 1.29 is 9.53 Å². The Balaban J connectivity index is 1.78. The van der Waals surface area contributed by atoms with Crippen LogP contribution in [0.5, 0.6) is 5.88 Å². The summed E-state index contributed by atoms with van der Waals surface area (Å²) < 4.78 is 6.92. The first kappa shape index (κ1) is 21.7. The Morgan fingerprint density at radius 2 is 1.97 bits per heavy atom. The van der Waals surface area contributed by atoms with Gasteiger partial charge in [0.25, 0.3) is 5.91 Å². The molecule has 3 N–H and O–H groups in total. The first-order valence-electron chi connectivity index (χ1n) is 9.74. The second-order valence-corrected chi connectivity index (χ2v) is 7.08. The normalized spacial score (nSPS) is 10.6. The van der Waals surface area contributed by atoms with Gasteiger partial charge in [-0.25, -0.2) is 4.98 Å². The van der Waals surface area contributed by atoms with Crippen LogP contribution in [0.25, 0.3) is 0 Å². The van der Waals surface area contributed by atoms with Gasteiger partial charge in [-0.1, -0.05) is 36.4 Å². The molecule has 0 aliphatic rings. The number of hydrogen-bond acceptors (Lipinski definition) is 6. The first-order valence-corrected chi connectivity index (χ1v) is 9.74. The number of amides is 1. The van der Waals surface area contributed by atoms with Gasteiger partial charge in [-0.15, -0.1) is 5.10 Å². The number of pyridine rings is 1. The first-order chi connectivity index (χ1) is 14.9. The molecular formula is C22H25N7O2. The van der Waals surface area contributed by atoms with Crippen molar-refractivity contribution in [2.75, 3.05) is 12.4 Å². The third-order valence-corrected chi connectivity index (χ3v) is 4.54. The smallest absolute Gasteiger partial charge is 0.263 e. The molecule has 0 fully saturated rings. The van der Waals surface area contributed by atoms with Gasteiger partial charge in [0, 0.05) is 12.2 Å². The fraction of sp³-hybridized carbons (Fsp3) is 0.227. The van der Waals surface area contributed by atoms with Crippen LogP contribution in [0, 0.1) is 10.8 Å². The molecule has 0 radical (unpaired) electrons. The van der Waals surface area contributed by atoms with Crippen LogP contribution in [0.4, 0.5) is 5.82 Å². The summed E-state index contributed by atoms with van der Waals surface area (Å²) in [5, 5.41) is 22.9. The highest BCUT2D eigenvalue weighted by molar-refractivity contribution is 6.06. The van der Waals surface area contributed by atoms with Gasteiger partial charge >= 0.3 is 0 Å². The third-order valence-electron chi connectivity index (χ3n) is 4.54. The Hall–Kier alpha value is -4.01. The van der Waals surface area contributed by atoms with E-state index >= 15 is 0 Å². The van der Waals surface area contributed by atoms with E-state index in [2.05, 4.69) is 15.4 Å². The van der Waals surface area contributed by atoms with Crippen molar-refractivity contribution in [1.29, 1.82) is 10.8 Å². The van der Waals surface area contributed by atoms with Gasteiger partial charge in [-0.2, -0.15) is 0 Å². The zero-order valence-corrected chi connectivity index (χ0v) is 17.7. The molecule has 0 bridgehead atoms. The second kappa shape index (κ2) is 9.66. The van der Waals surface area contributed by atoms with Crippen LogP contribution in [-0.2, 0) is 6.54 Å². The van der Waals surface area contributed by atoms with Crippen LogP contribution in [-0.4, -0.2) is 50.9 Å². The third kappa shape index (κ3) is 5.13. The van der Waals surface area contributed by atoms with Crippen molar-refractivity contribution in [3.05, 3.63) is 71.5 Å². The van der Waals surface area contributed by atoms with Crippen molar-refractivity contribution in [1.82, 2.24) is 19.7 Å². The Bertz CT molecular complexity index is 1080. The number of anilines is 1. The van der Waals surface area contributed by atoms with Crippen molar-refractivity contribution in [2.24, 2.45) is 0 Å². The van der Waals surface area contributed by atoms with E-state index in [1.165, 1.54) is 12.0 Å². The molecule has 0 aliphatic carbocycles. The number of carbonyl (C=O) groups excluding carboxylic acids is 1. The monoisotopic (exact) mass is 419 g/mol. The average molecular weight is 419 g/mol. The van der Waals surface area contributed by atoms with Crippen LogP contribution >= 0.6 is 0 Å². The lowest BCUT2D eigenvalue weighted by Crippen LogP contribution is -2.36. The number of methoxy groups -OCH3 is 1. The van der Waals surface area contributed by atoms with Crippen LogP contribution in [0.3, 0.4) is 0 Å². The summed E-state index contributed by atoms with van der Waals surface area (Å²) in [6, 6.07) is 14.7. The van der Waals surface area contributed by atoms with Crippen molar-refractivity contribution in [3.8, 4) is 5.88 Å². The van der Waals surface area contributed by atoms with Gasteiger partial charge in [-0.05, 0) is 31.5 Å². The maximum absolute atomic E-state index is 12.9. The zero-order chi connectivity index (χ0) is 22.4. The summed E-state index contributed by atoms with van der Waals surface area (Å²) >= 11 is 0. The van der Waals surface area contributed by atoms with Crippen molar-refractivity contribution in [3.63, 3.8) is 0 Å². The quantitative estimate of drug-likeness (QED) is 0.382. The summed E-state index contributed by atoms with van der Waals surface area (Å²) in [5.74, 6) is 0.167. The Morgan fingerprint density at radius 1 is 1.23 bits per heavy atom. The summed E-state index contributed by atoms with van der Waals surface area (Å²) in [6.45, 7) is 4.26. The van der Waals surface area contributed by atoms with Gasteiger partial charge in [-0.3, -0.25) is 20.3 Å². The summed E-state index contributed by atoms with van der Waals surface area (Å²) in [6.07, 6.45) is 2.72. The number of carbonyl (C=O) groups is 1. The minimum atomic E-state index is -0.417. The molecule has 9 nitrogen and oxygen atoms in total. The lowest BCUT2D eigenvalue weighted by molar-refractivity contribution is 0.102. The molecule has 3 aromatic rings. The van der Waals surface area contributed by atoms with E-state index in [9.17, 15) is 4.79 Å². The lowest BCUT2D eigenvalue weighted by Gasteiger charge is -2.23. The van der Waals surface area contributed by atoms with E-state index in [4.69, 9.17) is 15.6 Å². The number of amidine groups is 1. The van der Waals surface area contributed by atoms with E-state index in [1.807, 2.05) is 44.2 Å². The number of nitrogens with zero attached hydrogens (tertiary/aromatic N) is 4. The Morgan fingerprint density at radius 3 is 2.61 bits per heavy atom. The number of ether oxygens (including phenoxy) is 1. The van der Waals surface area contributed by atoms with E-state index in [0.717, 1.165) is 11.9 Å². The molecule has 2 heterocycles. The summed E-state index contributed by atoms with van der Waals surface area (Å²) in [5.41, 5.74) is 1.68. The van der Waals surface area contributed by atoms with Gasteiger partial charge in [0.1, 0.15) is 17.1 Å². The fourth-order valence-corrected chi connectivity index (χ4v) is 2.99. The number of nitrogens with one attached hydrogen (secondary N) is 3. The molecule has 3 rings (SSSR count). The highest BCUT2D eigenvalue weighted by Crippen LogP contribution is 2.18. The molecule has 0 unspecified atom stereocenters. The van der Waals surface area contributed by atoms with E-state index in [0.29, 0.717) is 18.1 Å². The SMILES string of the molecule is COc1nn(Cc2ccccc2)cc1C(=O)Nc1cccc(C(=N)N(C=N)C(C)C)n1. The Kier molecular flexibility index (Phi) is 6.76. The molecule has 1 amide bonds. The van der Waals surface area contributed by atoms with Crippen LogP contribution in [0.1, 0.15) is 35.5 Å². The fourth-order valence-electron chi connectivity index (χ4n) is 2.99. The minimum absolute atomic E-state index is 0.0650. The lowest BCUT2D eigenvalue weighted by atomic mass is 10.2. The van der Waals surface area contributed by atoms with E-state index in [-0.39, 0.29) is 23.3 Å². The standard InChI is InChI=1S/C22H25N7O2/c1-15(2)29(14-23)20(24)18-10-7-11-19(25-18)26-21(30)17-13-28(27-22(17)31-3)12-16-8-5-4-6-9-16/h4-11,13-15,23-24H,12H2,1-3H3,(H,25,26,30). The molecular weight excluding hydrogens is 394 g/mol. The van der Waals surface area contributed by atoms with Crippen molar-refractivity contribution >= 4 is 23.9 Å². The second-order valence-electron chi connectivity index (χ2n) is 7.08. The topological polar surface area (TPSA) is 120 Å². The van der Waals surface area contributed by atoms with Gasteiger partial charge in [0.05, 0.1) is 20.0 Å². The van der Waals surface area contributed by atoms with Crippen LogP contribution < -0.4 is 10.1 Å². The number of rotatable bonds is 8. The zero-order valence-electron chi connectivity index (χ0n) is 17.7. The molecule has 2 aromatic heterocycles. The largest absolute Gasteiger partial charge is 0.479 e. The summed E-state index contributed by atoms with van der Waals surface area (Å²) in [4.78, 5) is 18.7. The molecule has 0 spiro atoms. The molecule has 160 valence electrons. The average Bonchev–Trinajstić information content (AvgIpc) is 3.18. The molecule has 0 aliphatic heterocycles. The van der Waals surface area contributed by atoms with Gasteiger partial charge in [0.15, 0.2) is 5.84 Å². The highest BCUT2D eigenvalue weighted by atomic mass is 16.5. The number of hydrogen-bond donors (Lipinski definition) is 3. The maximum Gasteiger partial charge on any atom is 0.263 e. The van der Waals surface area contributed by atoms with E-state index < -0.39 is 5.91 Å².